The summed E-state index contributed by atoms with van der Waals surface area (Å²) in [5.74, 6) is 0. The molecule has 0 aliphatic carbocycles. The molecule has 0 atom stereocenters. The van der Waals surface area contributed by atoms with Crippen molar-refractivity contribution < 1.29 is 0 Å². The van der Waals surface area contributed by atoms with E-state index in [1.165, 1.54) is 0 Å². The molecule has 0 radical (unpaired) electrons. The van der Waals surface area contributed by atoms with E-state index in [4.69, 9.17) is 0 Å². The first-order valence-electron chi connectivity index (χ1n) is 6.29. The molecule has 0 spiro atoms. The molecule has 0 aliphatic heterocycles. The standard InChI is InChI=1S/C16H12N4/c17-9-13-11-19-15-4-2-1-3-14(15)16(13)20-10-12-5-7-18-8-6-12/h1-8,11H,10H2,(H,19,20). The lowest BCUT2D eigenvalue weighted by molar-refractivity contribution is 1.13. The minimum atomic E-state index is 0.553. The number of aromatic nitrogens is 2. The van der Waals surface area contributed by atoms with Crippen molar-refractivity contribution in [2.45, 2.75) is 6.54 Å². The Morgan fingerprint density at radius 2 is 1.90 bits per heavy atom. The third-order valence-corrected chi connectivity index (χ3v) is 3.11. The van der Waals surface area contributed by atoms with Crippen LogP contribution < -0.4 is 5.32 Å². The van der Waals surface area contributed by atoms with Gasteiger partial charge in [0.05, 0.1) is 16.8 Å². The van der Waals surface area contributed by atoms with Crippen molar-refractivity contribution >= 4 is 16.6 Å². The molecular weight excluding hydrogens is 248 g/mol. The molecule has 4 nitrogen and oxygen atoms in total. The highest BCUT2D eigenvalue weighted by molar-refractivity contribution is 5.93. The molecule has 0 bridgehead atoms. The lowest BCUT2D eigenvalue weighted by atomic mass is 10.1. The van der Waals surface area contributed by atoms with Gasteiger partial charge in [0.1, 0.15) is 6.07 Å². The van der Waals surface area contributed by atoms with E-state index < -0.39 is 0 Å². The maximum absolute atomic E-state index is 9.24. The Morgan fingerprint density at radius 1 is 1.10 bits per heavy atom. The van der Waals surface area contributed by atoms with E-state index in [0.29, 0.717) is 12.1 Å². The van der Waals surface area contributed by atoms with Gasteiger partial charge in [0, 0.05) is 30.5 Å². The van der Waals surface area contributed by atoms with Gasteiger partial charge in [0.2, 0.25) is 0 Å². The lowest BCUT2D eigenvalue weighted by Crippen LogP contribution is -2.02. The second kappa shape index (κ2) is 5.37. The number of fused-ring (bicyclic) bond motifs is 1. The highest BCUT2D eigenvalue weighted by atomic mass is 14.9. The Kier molecular flexibility index (Phi) is 3.25. The highest BCUT2D eigenvalue weighted by Crippen LogP contribution is 2.25. The molecule has 3 rings (SSSR count). The van der Waals surface area contributed by atoms with E-state index in [1.54, 1.807) is 18.6 Å². The maximum atomic E-state index is 9.24. The van der Waals surface area contributed by atoms with Crippen LogP contribution in [0.1, 0.15) is 11.1 Å². The summed E-state index contributed by atoms with van der Waals surface area (Å²) in [4.78, 5) is 8.29. The van der Waals surface area contributed by atoms with Gasteiger partial charge in [-0.1, -0.05) is 18.2 Å². The van der Waals surface area contributed by atoms with Crippen LogP contribution in [0, 0.1) is 11.3 Å². The summed E-state index contributed by atoms with van der Waals surface area (Å²) < 4.78 is 0. The van der Waals surface area contributed by atoms with Crippen LogP contribution in [0.5, 0.6) is 0 Å². The first kappa shape index (κ1) is 12.1. The fraction of sp³-hybridized carbons (Fsp3) is 0.0625. The SMILES string of the molecule is N#Cc1cnc2ccccc2c1NCc1ccncc1. The van der Waals surface area contributed by atoms with Crippen molar-refractivity contribution in [2.24, 2.45) is 0 Å². The van der Waals surface area contributed by atoms with E-state index in [2.05, 4.69) is 21.4 Å². The highest BCUT2D eigenvalue weighted by Gasteiger charge is 2.07. The molecule has 0 saturated carbocycles. The molecule has 1 aromatic carbocycles. The average molecular weight is 260 g/mol. The van der Waals surface area contributed by atoms with Gasteiger partial charge in [-0.2, -0.15) is 5.26 Å². The average Bonchev–Trinajstić information content (AvgIpc) is 2.53. The third-order valence-electron chi connectivity index (χ3n) is 3.11. The molecular formula is C16H12N4. The Bertz CT molecular complexity index is 775. The Hall–Kier alpha value is -2.93. The number of hydrogen-bond donors (Lipinski definition) is 1. The molecule has 3 aromatic rings. The Balaban J connectivity index is 1.99. The van der Waals surface area contributed by atoms with Crippen LogP contribution in [0.4, 0.5) is 5.69 Å². The molecule has 0 saturated heterocycles. The van der Waals surface area contributed by atoms with Crippen LogP contribution >= 0.6 is 0 Å². The number of nitriles is 1. The van der Waals surface area contributed by atoms with Crippen LogP contribution in [0.3, 0.4) is 0 Å². The second-order valence-electron chi connectivity index (χ2n) is 4.38. The number of para-hydroxylation sites is 1. The zero-order valence-electron chi connectivity index (χ0n) is 10.7. The zero-order chi connectivity index (χ0) is 13.8. The second-order valence-corrected chi connectivity index (χ2v) is 4.38. The zero-order valence-corrected chi connectivity index (χ0v) is 10.7. The molecule has 2 aromatic heterocycles. The molecule has 0 fully saturated rings. The predicted octanol–water partition coefficient (Wildman–Crippen LogP) is 3.11. The Morgan fingerprint density at radius 3 is 2.70 bits per heavy atom. The lowest BCUT2D eigenvalue weighted by Gasteiger charge is -2.11. The largest absolute Gasteiger partial charge is 0.379 e. The van der Waals surface area contributed by atoms with Gasteiger partial charge in [-0.25, -0.2) is 0 Å². The normalized spacial score (nSPS) is 10.2. The van der Waals surface area contributed by atoms with Gasteiger partial charge in [-0.3, -0.25) is 9.97 Å². The van der Waals surface area contributed by atoms with E-state index in [-0.39, 0.29) is 0 Å². The summed E-state index contributed by atoms with van der Waals surface area (Å²) in [6, 6.07) is 13.9. The minimum absolute atomic E-state index is 0.553. The van der Waals surface area contributed by atoms with Gasteiger partial charge in [0.15, 0.2) is 0 Å². The third kappa shape index (κ3) is 2.29. The number of nitrogens with one attached hydrogen (secondary N) is 1. The molecule has 1 N–H and O–H groups in total. The topological polar surface area (TPSA) is 61.6 Å². The van der Waals surface area contributed by atoms with Gasteiger partial charge in [-0.15, -0.1) is 0 Å². The monoisotopic (exact) mass is 260 g/mol. The van der Waals surface area contributed by atoms with Crippen LogP contribution in [0.15, 0.2) is 55.0 Å². The van der Waals surface area contributed by atoms with Gasteiger partial charge in [-0.05, 0) is 23.8 Å². The first-order chi connectivity index (χ1) is 9.88. The molecule has 4 heteroatoms. The van der Waals surface area contributed by atoms with E-state index in [1.807, 2.05) is 36.4 Å². The summed E-state index contributed by atoms with van der Waals surface area (Å²) >= 11 is 0. The summed E-state index contributed by atoms with van der Waals surface area (Å²) in [5, 5.41) is 13.5. The fourth-order valence-corrected chi connectivity index (χ4v) is 2.11. The van der Waals surface area contributed by atoms with Crippen LogP contribution in [0.2, 0.25) is 0 Å². The maximum Gasteiger partial charge on any atom is 0.103 e. The summed E-state index contributed by atoms with van der Waals surface area (Å²) in [5.41, 5.74) is 3.38. The smallest absolute Gasteiger partial charge is 0.103 e. The number of benzene rings is 1. The van der Waals surface area contributed by atoms with Gasteiger partial charge in [0.25, 0.3) is 0 Å². The summed E-state index contributed by atoms with van der Waals surface area (Å²) in [7, 11) is 0. The summed E-state index contributed by atoms with van der Waals surface area (Å²) in [6.07, 6.45) is 5.12. The number of nitrogens with zero attached hydrogens (tertiary/aromatic N) is 3. The number of anilines is 1. The van der Waals surface area contributed by atoms with Crippen LogP contribution in [-0.2, 0) is 6.54 Å². The molecule has 96 valence electrons. The van der Waals surface area contributed by atoms with Crippen molar-refractivity contribution in [3.05, 3.63) is 66.1 Å². The fourth-order valence-electron chi connectivity index (χ4n) is 2.11. The quantitative estimate of drug-likeness (QED) is 0.786. The first-order valence-corrected chi connectivity index (χ1v) is 6.29. The van der Waals surface area contributed by atoms with Crippen LogP contribution in [0.25, 0.3) is 10.9 Å². The molecule has 0 amide bonds. The van der Waals surface area contributed by atoms with E-state index in [0.717, 1.165) is 22.2 Å². The van der Waals surface area contributed by atoms with E-state index >= 15 is 0 Å². The van der Waals surface area contributed by atoms with Gasteiger partial charge < -0.3 is 5.32 Å². The number of rotatable bonds is 3. The Labute approximate surface area is 116 Å². The van der Waals surface area contributed by atoms with Gasteiger partial charge >= 0.3 is 0 Å². The van der Waals surface area contributed by atoms with Crippen molar-refractivity contribution in [3.8, 4) is 6.07 Å². The van der Waals surface area contributed by atoms with Crippen molar-refractivity contribution in [1.29, 1.82) is 5.26 Å². The predicted molar refractivity (Wildman–Crippen MR) is 78.0 cm³/mol. The van der Waals surface area contributed by atoms with E-state index in [9.17, 15) is 5.26 Å². The number of hydrogen-bond acceptors (Lipinski definition) is 4. The van der Waals surface area contributed by atoms with Crippen LogP contribution in [-0.4, -0.2) is 9.97 Å². The van der Waals surface area contributed by atoms with Crippen molar-refractivity contribution in [1.82, 2.24) is 9.97 Å². The molecule has 2 heterocycles. The molecule has 0 aliphatic rings. The molecule has 0 unspecified atom stereocenters. The number of pyridine rings is 2. The van der Waals surface area contributed by atoms with Crippen molar-refractivity contribution in [3.63, 3.8) is 0 Å². The summed E-state index contributed by atoms with van der Waals surface area (Å²) in [6.45, 7) is 0.644. The minimum Gasteiger partial charge on any atom is -0.379 e. The molecule has 20 heavy (non-hydrogen) atoms. The van der Waals surface area contributed by atoms with Crippen molar-refractivity contribution in [2.75, 3.05) is 5.32 Å².